The van der Waals surface area contributed by atoms with Gasteiger partial charge in [-0.2, -0.15) is 0 Å². The van der Waals surface area contributed by atoms with Gasteiger partial charge in [-0.25, -0.2) is 19.2 Å². The van der Waals surface area contributed by atoms with Crippen molar-refractivity contribution in [3.8, 4) is 0 Å². The monoisotopic (exact) mass is 582 g/mol. The maximum absolute atomic E-state index is 13.8. The molecule has 0 aromatic heterocycles. The minimum atomic E-state index is -0.750. The molecule has 4 aliphatic rings. The van der Waals surface area contributed by atoms with Gasteiger partial charge < -0.3 is 18.9 Å². The van der Waals surface area contributed by atoms with Crippen LogP contribution < -0.4 is 0 Å². The van der Waals surface area contributed by atoms with Crippen molar-refractivity contribution in [1.82, 2.24) is 0 Å². The first-order chi connectivity index (χ1) is 20.5. The Morgan fingerprint density at radius 1 is 0.405 bits per heavy atom. The van der Waals surface area contributed by atoms with E-state index in [-0.39, 0.29) is 46.7 Å². The van der Waals surface area contributed by atoms with Gasteiger partial charge in [0.25, 0.3) is 0 Å². The van der Waals surface area contributed by atoms with Crippen LogP contribution in [0.4, 0.5) is 0 Å². The number of carbonyl (C=O) groups is 4. The molecule has 4 fully saturated rings. The highest BCUT2D eigenvalue weighted by Gasteiger charge is 2.34. The molecule has 0 heterocycles. The van der Waals surface area contributed by atoms with Crippen molar-refractivity contribution in [3.63, 3.8) is 0 Å². The summed E-state index contributed by atoms with van der Waals surface area (Å²) in [6.45, 7) is 0. The van der Waals surface area contributed by atoms with Crippen molar-refractivity contribution < 1.29 is 38.1 Å². The van der Waals surface area contributed by atoms with E-state index >= 15 is 0 Å². The SMILES string of the molecule is O=C(OC1CCCCC1)c1cc(C(=O)OC2CCCCC2)c(C(=O)OC2CCCCC2)c(C(=O)OC2CCCCC2)c1. The standard InChI is InChI=1S/C34H46O8/c35-31(39-24-13-5-1-6-14-24)23-21-28(32(36)40-25-15-7-2-8-16-25)30(34(38)42-27-19-11-4-12-20-27)29(22-23)33(37)41-26-17-9-3-10-18-26/h21-22,24-27H,1-20H2. The van der Waals surface area contributed by atoms with E-state index in [9.17, 15) is 19.2 Å². The molecule has 0 amide bonds. The third-order valence-corrected chi connectivity index (χ3v) is 9.32. The molecule has 1 aromatic rings. The number of ether oxygens (including phenoxy) is 4. The lowest BCUT2D eigenvalue weighted by atomic mass is 9.94. The lowest BCUT2D eigenvalue weighted by Crippen LogP contribution is -2.29. The second-order valence-corrected chi connectivity index (χ2v) is 12.6. The molecule has 230 valence electrons. The third-order valence-electron chi connectivity index (χ3n) is 9.32. The fourth-order valence-electron chi connectivity index (χ4n) is 6.89. The quantitative estimate of drug-likeness (QED) is 0.227. The van der Waals surface area contributed by atoms with Crippen LogP contribution in [-0.2, 0) is 18.9 Å². The lowest BCUT2D eigenvalue weighted by molar-refractivity contribution is 0.0141. The molecule has 8 nitrogen and oxygen atoms in total. The van der Waals surface area contributed by atoms with Crippen LogP contribution in [0.1, 0.15) is 170 Å². The van der Waals surface area contributed by atoms with Gasteiger partial charge in [-0.15, -0.1) is 0 Å². The van der Waals surface area contributed by atoms with Crippen LogP contribution >= 0.6 is 0 Å². The molecule has 0 N–H and O–H groups in total. The van der Waals surface area contributed by atoms with Gasteiger partial charge in [0.05, 0.1) is 22.3 Å². The highest BCUT2D eigenvalue weighted by Crippen LogP contribution is 2.30. The van der Waals surface area contributed by atoms with Crippen molar-refractivity contribution in [2.45, 2.75) is 153 Å². The van der Waals surface area contributed by atoms with E-state index in [1.54, 1.807) is 0 Å². The molecule has 0 aliphatic heterocycles. The van der Waals surface area contributed by atoms with Crippen molar-refractivity contribution in [3.05, 3.63) is 34.4 Å². The van der Waals surface area contributed by atoms with E-state index < -0.39 is 23.9 Å². The van der Waals surface area contributed by atoms with Gasteiger partial charge in [0.2, 0.25) is 0 Å². The van der Waals surface area contributed by atoms with Crippen LogP contribution in [0.3, 0.4) is 0 Å². The van der Waals surface area contributed by atoms with Crippen LogP contribution in [0.15, 0.2) is 12.1 Å². The number of benzene rings is 1. The van der Waals surface area contributed by atoms with Gasteiger partial charge in [0.1, 0.15) is 24.4 Å². The topological polar surface area (TPSA) is 105 Å². The maximum Gasteiger partial charge on any atom is 0.340 e. The molecule has 4 aliphatic carbocycles. The Hall–Kier alpha value is -2.90. The molecule has 0 saturated heterocycles. The highest BCUT2D eigenvalue weighted by atomic mass is 16.6. The van der Waals surface area contributed by atoms with Gasteiger partial charge in [0.15, 0.2) is 0 Å². The molecule has 4 saturated carbocycles. The largest absolute Gasteiger partial charge is 0.459 e. The molecular weight excluding hydrogens is 536 g/mol. The van der Waals surface area contributed by atoms with Crippen LogP contribution in [0, 0.1) is 0 Å². The normalized spacial score (nSPS) is 21.3. The molecule has 1 aromatic carbocycles. The first-order valence-corrected chi connectivity index (χ1v) is 16.5. The Morgan fingerprint density at radius 3 is 1.02 bits per heavy atom. The van der Waals surface area contributed by atoms with Crippen molar-refractivity contribution in [1.29, 1.82) is 0 Å². The molecule has 0 unspecified atom stereocenters. The predicted molar refractivity (Wildman–Crippen MR) is 156 cm³/mol. The second-order valence-electron chi connectivity index (χ2n) is 12.6. The summed E-state index contributed by atoms with van der Waals surface area (Å²) in [4.78, 5) is 54.6. The van der Waals surface area contributed by atoms with Crippen LogP contribution in [0.5, 0.6) is 0 Å². The van der Waals surface area contributed by atoms with E-state index in [1.165, 1.54) is 12.1 Å². The summed E-state index contributed by atoms with van der Waals surface area (Å²) in [5, 5.41) is 0. The summed E-state index contributed by atoms with van der Waals surface area (Å²) < 4.78 is 23.5. The summed E-state index contributed by atoms with van der Waals surface area (Å²) >= 11 is 0. The molecule has 0 radical (unpaired) electrons. The third kappa shape index (κ3) is 8.13. The van der Waals surface area contributed by atoms with E-state index in [1.807, 2.05) is 0 Å². The highest BCUT2D eigenvalue weighted by molar-refractivity contribution is 6.12. The molecule has 5 rings (SSSR count). The molecule has 0 bridgehead atoms. The van der Waals surface area contributed by atoms with Gasteiger partial charge in [-0.05, 0) is 115 Å². The Balaban J connectivity index is 1.50. The van der Waals surface area contributed by atoms with Crippen molar-refractivity contribution in [2.75, 3.05) is 0 Å². The number of carbonyl (C=O) groups excluding carboxylic acids is 4. The average Bonchev–Trinajstić information content (AvgIpc) is 3.02. The summed E-state index contributed by atoms with van der Waals surface area (Å²) in [6.07, 6.45) is 17.1. The van der Waals surface area contributed by atoms with E-state index in [0.29, 0.717) is 0 Å². The van der Waals surface area contributed by atoms with Gasteiger partial charge in [-0.3, -0.25) is 0 Å². The van der Waals surface area contributed by atoms with Crippen LogP contribution in [0.25, 0.3) is 0 Å². The summed E-state index contributed by atoms with van der Waals surface area (Å²) in [6, 6.07) is 2.70. The fourth-order valence-corrected chi connectivity index (χ4v) is 6.89. The summed E-state index contributed by atoms with van der Waals surface area (Å²) in [5.41, 5.74) is -0.387. The average molecular weight is 583 g/mol. The molecule has 8 heteroatoms. The van der Waals surface area contributed by atoms with E-state index in [4.69, 9.17) is 18.9 Å². The van der Waals surface area contributed by atoms with Crippen LogP contribution in [0.2, 0.25) is 0 Å². The minimum absolute atomic E-state index is 0.0426. The number of hydrogen-bond acceptors (Lipinski definition) is 8. The number of esters is 4. The fraction of sp³-hybridized carbons (Fsp3) is 0.706. The minimum Gasteiger partial charge on any atom is -0.459 e. The van der Waals surface area contributed by atoms with Gasteiger partial charge in [-0.1, -0.05) is 25.7 Å². The van der Waals surface area contributed by atoms with E-state index in [2.05, 4.69) is 0 Å². The Labute approximate surface area is 249 Å². The molecule has 42 heavy (non-hydrogen) atoms. The van der Waals surface area contributed by atoms with Crippen molar-refractivity contribution in [2.24, 2.45) is 0 Å². The zero-order valence-corrected chi connectivity index (χ0v) is 24.9. The lowest BCUT2D eigenvalue weighted by Gasteiger charge is -2.26. The zero-order chi connectivity index (χ0) is 29.3. The smallest absolute Gasteiger partial charge is 0.340 e. The van der Waals surface area contributed by atoms with Crippen LogP contribution in [-0.4, -0.2) is 48.3 Å². The van der Waals surface area contributed by atoms with E-state index in [0.717, 1.165) is 128 Å². The Kier molecular flexibility index (Phi) is 10.9. The summed E-state index contributed by atoms with van der Waals surface area (Å²) in [5.74, 6) is -2.82. The molecule has 0 spiro atoms. The molecule has 0 atom stereocenters. The van der Waals surface area contributed by atoms with Crippen molar-refractivity contribution >= 4 is 23.9 Å². The maximum atomic E-state index is 13.8. The first-order valence-electron chi connectivity index (χ1n) is 16.5. The summed E-state index contributed by atoms with van der Waals surface area (Å²) in [7, 11) is 0. The second kappa shape index (κ2) is 15.0. The van der Waals surface area contributed by atoms with Gasteiger partial charge >= 0.3 is 23.9 Å². The Bertz CT molecular complexity index is 1050. The number of hydrogen-bond donors (Lipinski definition) is 0. The number of rotatable bonds is 8. The Morgan fingerprint density at radius 2 is 0.690 bits per heavy atom. The molecular formula is C34H46O8. The predicted octanol–water partition coefficient (Wildman–Crippen LogP) is 7.64. The zero-order valence-electron chi connectivity index (χ0n) is 24.9. The van der Waals surface area contributed by atoms with Gasteiger partial charge in [0, 0.05) is 0 Å². The first kappa shape index (κ1) is 30.6.